The average molecular weight is 264 g/mol. The molecule has 0 unspecified atom stereocenters. The number of aliphatic hydroxyl groups excluding tert-OH is 1. The van der Waals surface area contributed by atoms with Gasteiger partial charge in [-0.3, -0.25) is 0 Å². The van der Waals surface area contributed by atoms with Crippen molar-refractivity contribution in [1.82, 2.24) is 0 Å². The largest absolute Gasteiger partial charge is 0.458 e. The van der Waals surface area contributed by atoms with Gasteiger partial charge in [0.2, 0.25) is 0 Å². The summed E-state index contributed by atoms with van der Waals surface area (Å²) in [6.07, 6.45) is 3.43. The highest BCUT2D eigenvalue weighted by molar-refractivity contribution is 5.91. The fourth-order valence-electron chi connectivity index (χ4n) is 3.32. The molecule has 2 heterocycles. The summed E-state index contributed by atoms with van der Waals surface area (Å²) in [7, 11) is 0. The second-order valence-electron chi connectivity index (χ2n) is 6.13. The Bertz CT molecular complexity index is 467. The second-order valence-corrected chi connectivity index (χ2v) is 6.13. The van der Waals surface area contributed by atoms with Gasteiger partial charge in [0.1, 0.15) is 12.2 Å². The number of aliphatic hydroxyl groups is 1. The molecule has 19 heavy (non-hydrogen) atoms. The van der Waals surface area contributed by atoms with Crippen molar-refractivity contribution in [3.05, 3.63) is 23.8 Å². The molecule has 1 N–H and O–H groups in total. The maximum Gasteiger partial charge on any atom is 0.334 e. The van der Waals surface area contributed by atoms with Crippen molar-refractivity contribution in [2.24, 2.45) is 5.92 Å². The quantitative estimate of drug-likeness (QED) is 0.313. The van der Waals surface area contributed by atoms with Gasteiger partial charge in [-0.1, -0.05) is 18.2 Å². The Labute approximate surface area is 113 Å². The highest BCUT2D eigenvalue weighted by Crippen LogP contribution is 2.48. The molecule has 0 saturated carbocycles. The molecular formula is C15H20O4. The summed E-state index contributed by atoms with van der Waals surface area (Å²) in [5.74, 6) is -0.732. The second kappa shape index (κ2) is 4.18. The van der Waals surface area contributed by atoms with Crippen molar-refractivity contribution in [3.8, 4) is 0 Å². The van der Waals surface area contributed by atoms with Gasteiger partial charge in [0, 0.05) is 12.0 Å². The van der Waals surface area contributed by atoms with E-state index >= 15 is 0 Å². The van der Waals surface area contributed by atoms with Gasteiger partial charge in [-0.2, -0.15) is 0 Å². The summed E-state index contributed by atoms with van der Waals surface area (Å²) in [5, 5.41) is 10.5. The first-order valence-electron chi connectivity index (χ1n) is 6.84. The number of hydrogen-bond donors (Lipinski definition) is 1. The molecule has 3 aliphatic rings. The fourth-order valence-corrected chi connectivity index (χ4v) is 3.32. The number of ether oxygens (including phenoxy) is 2. The van der Waals surface area contributed by atoms with Gasteiger partial charge in [0.15, 0.2) is 0 Å². The molecule has 0 bridgehead atoms. The van der Waals surface area contributed by atoms with Crippen LogP contribution in [0.15, 0.2) is 23.8 Å². The van der Waals surface area contributed by atoms with E-state index in [1.54, 1.807) is 0 Å². The van der Waals surface area contributed by atoms with Crippen LogP contribution in [-0.4, -0.2) is 35.0 Å². The molecule has 4 heteroatoms. The van der Waals surface area contributed by atoms with E-state index in [0.717, 1.165) is 12.8 Å². The molecule has 0 aromatic heterocycles. The minimum absolute atomic E-state index is 0.210. The lowest BCUT2D eigenvalue weighted by Gasteiger charge is -2.24. The number of carbonyl (C=O) groups is 1. The number of hydrogen-bond acceptors (Lipinski definition) is 4. The minimum Gasteiger partial charge on any atom is -0.458 e. The van der Waals surface area contributed by atoms with Gasteiger partial charge in [-0.05, 0) is 26.7 Å². The molecule has 0 amide bonds. The molecule has 104 valence electrons. The summed E-state index contributed by atoms with van der Waals surface area (Å²) in [6.45, 7) is 7.84. The van der Waals surface area contributed by atoms with E-state index in [1.165, 1.54) is 5.57 Å². The molecule has 0 aromatic carbocycles. The van der Waals surface area contributed by atoms with Crippen LogP contribution >= 0.6 is 0 Å². The van der Waals surface area contributed by atoms with Gasteiger partial charge in [0.05, 0.1) is 17.6 Å². The third-order valence-electron chi connectivity index (χ3n) is 4.60. The van der Waals surface area contributed by atoms with Gasteiger partial charge >= 0.3 is 5.97 Å². The van der Waals surface area contributed by atoms with Crippen LogP contribution in [0.2, 0.25) is 0 Å². The zero-order valence-electron chi connectivity index (χ0n) is 11.4. The molecule has 0 spiro atoms. The van der Waals surface area contributed by atoms with Gasteiger partial charge in [-0.15, -0.1) is 0 Å². The monoisotopic (exact) mass is 264 g/mol. The number of rotatable bonds is 0. The van der Waals surface area contributed by atoms with Gasteiger partial charge in [-0.25, -0.2) is 4.79 Å². The Morgan fingerprint density at radius 2 is 2.26 bits per heavy atom. The van der Waals surface area contributed by atoms with Crippen LogP contribution in [0.5, 0.6) is 0 Å². The van der Waals surface area contributed by atoms with E-state index < -0.39 is 6.10 Å². The van der Waals surface area contributed by atoms with Crippen molar-refractivity contribution >= 4 is 5.97 Å². The third-order valence-corrected chi connectivity index (χ3v) is 4.60. The Morgan fingerprint density at radius 3 is 3.00 bits per heavy atom. The zero-order chi connectivity index (χ0) is 13.8. The Balaban J connectivity index is 1.92. The summed E-state index contributed by atoms with van der Waals surface area (Å²) in [4.78, 5) is 11.7. The minimum atomic E-state index is -0.708. The van der Waals surface area contributed by atoms with Crippen LogP contribution in [0.4, 0.5) is 0 Å². The summed E-state index contributed by atoms with van der Waals surface area (Å²) in [5.41, 5.74) is 1.29. The molecule has 1 aliphatic carbocycles. The first-order chi connectivity index (χ1) is 8.92. The molecular weight excluding hydrogens is 244 g/mol. The van der Waals surface area contributed by atoms with E-state index in [9.17, 15) is 9.90 Å². The fraction of sp³-hybridized carbons (Fsp3) is 0.667. The van der Waals surface area contributed by atoms with Crippen LogP contribution in [0.1, 0.15) is 33.1 Å². The first-order valence-corrected chi connectivity index (χ1v) is 6.84. The molecule has 0 aromatic rings. The summed E-state index contributed by atoms with van der Waals surface area (Å²) in [6, 6.07) is 0. The van der Waals surface area contributed by atoms with Crippen molar-refractivity contribution in [3.63, 3.8) is 0 Å². The standard InChI is InChI=1S/C15H20O4/c1-8-5-4-6-15(3)13(19-15)12(16)11-9(2)14(17)18-10(11)7-8/h5,10-13,16H,2,4,6-7H2,1,3H3/b8-5+/t10-,11+,12-,13+,15-/m1/s1. The molecule has 2 saturated heterocycles. The Morgan fingerprint density at radius 1 is 1.53 bits per heavy atom. The molecule has 4 nitrogen and oxygen atoms in total. The van der Waals surface area contributed by atoms with Crippen molar-refractivity contribution in [2.75, 3.05) is 0 Å². The van der Waals surface area contributed by atoms with E-state index in [1.807, 2.05) is 13.8 Å². The maximum atomic E-state index is 11.7. The predicted octanol–water partition coefficient (Wildman–Crippen LogP) is 1.73. The first kappa shape index (κ1) is 12.9. The molecule has 5 atom stereocenters. The van der Waals surface area contributed by atoms with E-state index in [-0.39, 0.29) is 29.7 Å². The van der Waals surface area contributed by atoms with Gasteiger partial charge in [0.25, 0.3) is 0 Å². The normalized spacial score (nSPS) is 48.7. The predicted molar refractivity (Wildman–Crippen MR) is 69.4 cm³/mol. The number of esters is 1. The molecule has 3 rings (SSSR count). The molecule has 2 fully saturated rings. The van der Waals surface area contributed by atoms with Crippen LogP contribution < -0.4 is 0 Å². The SMILES string of the molecule is C=C1C(=O)O[C@@H]2C/C(C)=C/CC[C@@]3(C)O[C@H]3[C@H](O)[C@@H]12. The van der Waals surface area contributed by atoms with E-state index in [0.29, 0.717) is 12.0 Å². The highest BCUT2D eigenvalue weighted by Gasteiger charge is 2.60. The summed E-state index contributed by atoms with van der Waals surface area (Å²) < 4.78 is 11.0. The lowest BCUT2D eigenvalue weighted by molar-refractivity contribution is -0.139. The van der Waals surface area contributed by atoms with Crippen molar-refractivity contribution in [2.45, 2.75) is 57.0 Å². The highest BCUT2D eigenvalue weighted by atomic mass is 16.6. The van der Waals surface area contributed by atoms with Crippen LogP contribution in [0, 0.1) is 5.92 Å². The number of carbonyl (C=O) groups excluding carboxylic acids is 1. The average Bonchev–Trinajstić information content (AvgIpc) is 2.92. The lowest BCUT2D eigenvalue weighted by Crippen LogP contribution is -2.36. The number of allylic oxidation sites excluding steroid dienone is 1. The zero-order valence-corrected chi connectivity index (χ0v) is 11.4. The van der Waals surface area contributed by atoms with E-state index in [2.05, 4.69) is 12.7 Å². The third kappa shape index (κ3) is 2.03. The van der Waals surface area contributed by atoms with Crippen molar-refractivity contribution in [1.29, 1.82) is 0 Å². The Kier molecular flexibility index (Phi) is 2.84. The smallest absolute Gasteiger partial charge is 0.334 e. The lowest BCUT2D eigenvalue weighted by atomic mass is 9.82. The Hall–Kier alpha value is -1.13. The van der Waals surface area contributed by atoms with E-state index in [4.69, 9.17) is 9.47 Å². The van der Waals surface area contributed by atoms with Crippen LogP contribution in [0.25, 0.3) is 0 Å². The maximum absolute atomic E-state index is 11.7. The molecule has 2 aliphatic heterocycles. The number of fused-ring (bicyclic) bond motifs is 2. The van der Waals surface area contributed by atoms with Gasteiger partial charge < -0.3 is 14.6 Å². The number of epoxide rings is 1. The molecule has 0 radical (unpaired) electrons. The summed E-state index contributed by atoms with van der Waals surface area (Å²) >= 11 is 0. The van der Waals surface area contributed by atoms with Crippen LogP contribution in [0.3, 0.4) is 0 Å². The van der Waals surface area contributed by atoms with Crippen molar-refractivity contribution < 1.29 is 19.4 Å². The van der Waals surface area contributed by atoms with Crippen LogP contribution in [-0.2, 0) is 14.3 Å². The topological polar surface area (TPSA) is 59.1 Å².